The van der Waals surface area contributed by atoms with E-state index in [-0.39, 0.29) is 0 Å². The summed E-state index contributed by atoms with van der Waals surface area (Å²) >= 11 is 6.14. The molecule has 0 amide bonds. The monoisotopic (exact) mass is 311 g/mol. The summed E-state index contributed by atoms with van der Waals surface area (Å²) in [6.07, 6.45) is 2.79. The Morgan fingerprint density at radius 2 is 1.86 bits per heavy atom. The first kappa shape index (κ1) is 16.4. The van der Waals surface area contributed by atoms with E-state index in [9.17, 15) is 0 Å². The van der Waals surface area contributed by atoms with Crippen LogP contribution in [0.3, 0.4) is 0 Å². The molecule has 1 heterocycles. The third-order valence-electron chi connectivity index (χ3n) is 3.79. The Morgan fingerprint density at radius 1 is 1.14 bits per heavy atom. The zero-order chi connectivity index (χ0) is 15.9. The number of aryl methyl sites for hydroxylation is 1. The largest absolute Gasteiger partial charge is 0.367 e. The average molecular weight is 312 g/mol. The van der Waals surface area contributed by atoms with Gasteiger partial charge in [0.1, 0.15) is 0 Å². The highest BCUT2D eigenvalue weighted by Gasteiger charge is 2.17. The number of fused-ring (bicyclic) bond motifs is 1. The van der Waals surface area contributed by atoms with Crippen LogP contribution in [0, 0.1) is 6.92 Å². The van der Waals surface area contributed by atoms with Crippen LogP contribution in [0.15, 0.2) is 73.5 Å². The Balaban J connectivity index is 0.000000211. The molecule has 2 aromatic rings. The molecular weight excluding hydrogens is 290 g/mol. The van der Waals surface area contributed by atoms with Crippen molar-refractivity contribution in [1.82, 2.24) is 4.90 Å². The number of rotatable bonds is 2. The Morgan fingerprint density at radius 3 is 2.45 bits per heavy atom. The Labute approximate surface area is 138 Å². The van der Waals surface area contributed by atoms with E-state index < -0.39 is 0 Å². The van der Waals surface area contributed by atoms with Crippen LogP contribution >= 0.6 is 11.6 Å². The lowest BCUT2D eigenvalue weighted by atomic mass is 9.99. The molecule has 1 nitrogen and oxygen atoms in total. The molecule has 0 aliphatic carbocycles. The number of hydrogen-bond acceptors (Lipinski definition) is 1. The first-order valence-electron chi connectivity index (χ1n) is 7.46. The van der Waals surface area contributed by atoms with E-state index in [0.717, 1.165) is 30.2 Å². The molecular formula is C20H22ClN. The van der Waals surface area contributed by atoms with Crippen LogP contribution in [0.5, 0.6) is 0 Å². The molecule has 1 aliphatic heterocycles. The number of halogens is 1. The SMILES string of the molecule is C=CC(=C)N1CCc2c(Cl)cccc2C1.Cc1ccccc1. The third kappa shape index (κ3) is 4.25. The smallest absolute Gasteiger partial charge is 0.0442 e. The fourth-order valence-corrected chi connectivity index (χ4v) is 2.76. The van der Waals surface area contributed by atoms with E-state index in [0.29, 0.717) is 0 Å². The summed E-state index contributed by atoms with van der Waals surface area (Å²) in [6.45, 7) is 11.7. The van der Waals surface area contributed by atoms with E-state index in [4.69, 9.17) is 11.6 Å². The Hall–Kier alpha value is -1.99. The molecule has 2 heteroatoms. The van der Waals surface area contributed by atoms with Gasteiger partial charge in [-0.3, -0.25) is 0 Å². The molecule has 0 N–H and O–H groups in total. The first-order valence-corrected chi connectivity index (χ1v) is 7.84. The minimum atomic E-state index is 0.886. The fraction of sp³-hybridized carbons (Fsp3) is 0.200. The van der Waals surface area contributed by atoms with Gasteiger partial charge in [0.2, 0.25) is 0 Å². The van der Waals surface area contributed by atoms with E-state index in [1.807, 2.05) is 30.3 Å². The predicted molar refractivity (Wildman–Crippen MR) is 96.1 cm³/mol. The second-order valence-corrected chi connectivity index (χ2v) is 5.81. The zero-order valence-electron chi connectivity index (χ0n) is 13.1. The molecule has 0 unspecified atom stereocenters. The van der Waals surface area contributed by atoms with Crippen LogP contribution in [-0.2, 0) is 13.0 Å². The van der Waals surface area contributed by atoms with Gasteiger partial charge in [0.25, 0.3) is 0 Å². The molecule has 114 valence electrons. The van der Waals surface area contributed by atoms with Gasteiger partial charge in [0, 0.05) is 23.8 Å². The molecule has 0 bridgehead atoms. The van der Waals surface area contributed by atoms with E-state index >= 15 is 0 Å². The van der Waals surface area contributed by atoms with Gasteiger partial charge >= 0.3 is 0 Å². The van der Waals surface area contributed by atoms with Gasteiger partial charge in [-0.15, -0.1) is 0 Å². The molecule has 0 aromatic heterocycles. The van der Waals surface area contributed by atoms with Crippen LogP contribution < -0.4 is 0 Å². The van der Waals surface area contributed by atoms with Crippen molar-refractivity contribution in [2.45, 2.75) is 19.9 Å². The number of allylic oxidation sites excluding steroid dienone is 1. The Bertz CT molecular complexity index is 646. The lowest BCUT2D eigenvalue weighted by Gasteiger charge is -2.31. The quantitative estimate of drug-likeness (QED) is 0.672. The van der Waals surface area contributed by atoms with Crippen LogP contribution in [0.2, 0.25) is 5.02 Å². The highest BCUT2D eigenvalue weighted by molar-refractivity contribution is 6.31. The molecule has 0 spiro atoms. The minimum absolute atomic E-state index is 0.886. The minimum Gasteiger partial charge on any atom is -0.367 e. The number of hydrogen-bond donors (Lipinski definition) is 0. The summed E-state index contributed by atoms with van der Waals surface area (Å²) in [7, 11) is 0. The molecule has 0 saturated carbocycles. The van der Waals surface area contributed by atoms with Crippen LogP contribution in [-0.4, -0.2) is 11.4 Å². The molecule has 0 atom stereocenters. The van der Waals surface area contributed by atoms with Gasteiger partial charge in [0.05, 0.1) is 0 Å². The fourth-order valence-electron chi connectivity index (χ4n) is 2.47. The highest BCUT2D eigenvalue weighted by atomic mass is 35.5. The van der Waals surface area contributed by atoms with Gasteiger partial charge in [0.15, 0.2) is 0 Å². The normalized spacial score (nSPS) is 12.7. The van der Waals surface area contributed by atoms with Crippen molar-refractivity contribution in [2.24, 2.45) is 0 Å². The maximum absolute atomic E-state index is 6.14. The summed E-state index contributed by atoms with van der Waals surface area (Å²) < 4.78 is 0. The third-order valence-corrected chi connectivity index (χ3v) is 4.15. The summed E-state index contributed by atoms with van der Waals surface area (Å²) in [6, 6.07) is 16.3. The first-order chi connectivity index (χ1) is 10.6. The molecule has 0 radical (unpaired) electrons. The van der Waals surface area contributed by atoms with Gasteiger partial charge in [-0.1, -0.05) is 72.8 Å². The molecule has 3 rings (SSSR count). The van der Waals surface area contributed by atoms with Crippen molar-refractivity contribution in [3.05, 3.63) is 95.2 Å². The average Bonchev–Trinajstić information content (AvgIpc) is 2.55. The Kier molecular flexibility index (Phi) is 5.85. The topological polar surface area (TPSA) is 3.24 Å². The van der Waals surface area contributed by atoms with Crippen molar-refractivity contribution in [3.8, 4) is 0 Å². The van der Waals surface area contributed by atoms with Crippen LogP contribution in [0.1, 0.15) is 16.7 Å². The summed E-state index contributed by atoms with van der Waals surface area (Å²) in [4.78, 5) is 2.23. The molecule has 2 aromatic carbocycles. The van der Waals surface area contributed by atoms with Crippen molar-refractivity contribution < 1.29 is 0 Å². The predicted octanol–water partition coefficient (Wildman–Crippen LogP) is 5.39. The number of benzene rings is 2. The van der Waals surface area contributed by atoms with E-state index in [1.165, 1.54) is 16.7 Å². The van der Waals surface area contributed by atoms with Gasteiger partial charge in [-0.25, -0.2) is 0 Å². The van der Waals surface area contributed by atoms with E-state index in [1.54, 1.807) is 6.08 Å². The summed E-state index contributed by atoms with van der Waals surface area (Å²) in [5.41, 5.74) is 4.90. The standard InChI is InChI=1S/C13H14ClN.C7H8/c1-3-10(2)15-8-7-12-11(9-15)5-4-6-13(12)14;1-7-5-3-2-4-6-7/h3-6H,1-2,7-9H2;2-6H,1H3. The second-order valence-electron chi connectivity index (χ2n) is 5.40. The molecule has 22 heavy (non-hydrogen) atoms. The van der Waals surface area contributed by atoms with Crippen molar-refractivity contribution in [3.63, 3.8) is 0 Å². The van der Waals surface area contributed by atoms with Gasteiger partial charge in [-0.05, 0) is 36.6 Å². The maximum atomic E-state index is 6.14. The molecule has 1 aliphatic rings. The summed E-state index contributed by atoms with van der Waals surface area (Å²) in [5, 5.41) is 0.886. The second kappa shape index (κ2) is 7.86. The van der Waals surface area contributed by atoms with Crippen LogP contribution in [0.4, 0.5) is 0 Å². The summed E-state index contributed by atoms with van der Waals surface area (Å²) in [5.74, 6) is 0. The lowest BCUT2D eigenvalue weighted by Crippen LogP contribution is -2.29. The van der Waals surface area contributed by atoms with Gasteiger partial charge in [-0.2, -0.15) is 0 Å². The van der Waals surface area contributed by atoms with Crippen molar-refractivity contribution >= 4 is 11.6 Å². The highest BCUT2D eigenvalue weighted by Crippen LogP contribution is 2.27. The maximum Gasteiger partial charge on any atom is 0.0442 e. The van der Waals surface area contributed by atoms with E-state index in [2.05, 4.69) is 43.2 Å². The van der Waals surface area contributed by atoms with Crippen LogP contribution in [0.25, 0.3) is 0 Å². The number of nitrogens with zero attached hydrogens (tertiary/aromatic N) is 1. The molecule has 0 fully saturated rings. The molecule has 0 saturated heterocycles. The van der Waals surface area contributed by atoms with Crippen molar-refractivity contribution in [2.75, 3.05) is 6.54 Å². The zero-order valence-corrected chi connectivity index (χ0v) is 13.8. The van der Waals surface area contributed by atoms with Crippen molar-refractivity contribution in [1.29, 1.82) is 0 Å². The van der Waals surface area contributed by atoms with Gasteiger partial charge < -0.3 is 4.90 Å². The lowest BCUT2D eigenvalue weighted by molar-refractivity contribution is 0.333.